The molecule has 3 rings (SSSR count). The summed E-state index contributed by atoms with van der Waals surface area (Å²) in [5.74, 6) is 1.03. The van der Waals surface area contributed by atoms with Crippen molar-refractivity contribution in [1.29, 1.82) is 0 Å². The van der Waals surface area contributed by atoms with Gasteiger partial charge in [0.15, 0.2) is 0 Å². The Labute approximate surface area is 143 Å². The number of nitrogens with zero attached hydrogens (tertiary/aromatic N) is 2. The highest BCUT2D eigenvalue weighted by Gasteiger charge is 2.34. The van der Waals surface area contributed by atoms with Crippen LogP contribution < -0.4 is 10.1 Å². The van der Waals surface area contributed by atoms with Gasteiger partial charge in [0.2, 0.25) is 5.91 Å². The number of piperazine rings is 1. The predicted octanol–water partition coefficient (Wildman–Crippen LogP) is 0.889. The quantitative estimate of drug-likeness (QED) is 0.887. The van der Waals surface area contributed by atoms with Crippen molar-refractivity contribution in [2.45, 2.75) is 19.0 Å². The number of nitrogens with one attached hydrogen (secondary N) is 1. The summed E-state index contributed by atoms with van der Waals surface area (Å²) in [6.45, 7) is 7.35. The van der Waals surface area contributed by atoms with Crippen molar-refractivity contribution >= 4 is 5.91 Å². The maximum atomic E-state index is 13.2. The topological polar surface area (TPSA) is 54.0 Å². The van der Waals surface area contributed by atoms with Gasteiger partial charge in [0.25, 0.3) is 0 Å². The second-order valence-corrected chi connectivity index (χ2v) is 6.32. The molecule has 1 aromatic rings. The number of ether oxygens (including phenoxy) is 2. The molecule has 1 N–H and O–H groups in total. The maximum Gasteiger partial charge on any atom is 0.240 e. The monoisotopic (exact) mass is 333 g/mol. The third-order valence-corrected chi connectivity index (χ3v) is 4.98. The molecular weight excluding hydrogens is 306 g/mol. The van der Waals surface area contributed by atoms with Crippen LogP contribution in [0.3, 0.4) is 0 Å². The summed E-state index contributed by atoms with van der Waals surface area (Å²) in [6, 6.07) is 7.85. The lowest BCUT2D eigenvalue weighted by Crippen LogP contribution is -2.56. The Morgan fingerprint density at radius 3 is 2.79 bits per heavy atom. The van der Waals surface area contributed by atoms with Crippen LogP contribution in [0, 0.1) is 0 Å². The molecule has 6 nitrogen and oxygen atoms in total. The fourth-order valence-electron chi connectivity index (χ4n) is 3.55. The molecule has 0 spiro atoms. The van der Waals surface area contributed by atoms with E-state index in [9.17, 15) is 4.79 Å². The van der Waals surface area contributed by atoms with Gasteiger partial charge in [0, 0.05) is 38.3 Å². The zero-order valence-corrected chi connectivity index (χ0v) is 14.5. The van der Waals surface area contributed by atoms with Gasteiger partial charge in [0.1, 0.15) is 5.75 Å². The van der Waals surface area contributed by atoms with E-state index in [4.69, 9.17) is 9.47 Å². The van der Waals surface area contributed by atoms with E-state index in [1.165, 1.54) is 0 Å². The molecule has 2 heterocycles. The van der Waals surface area contributed by atoms with E-state index in [-0.39, 0.29) is 18.0 Å². The van der Waals surface area contributed by atoms with E-state index in [0.717, 1.165) is 44.0 Å². The highest BCUT2D eigenvalue weighted by Crippen LogP contribution is 2.30. The van der Waals surface area contributed by atoms with E-state index in [1.54, 1.807) is 7.11 Å². The van der Waals surface area contributed by atoms with Crippen molar-refractivity contribution in [3.8, 4) is 5.75 Å². The van der Waals surface area contributed by atoms with Crippen molar-refractivity contribution in [3.63, 3.8) is 0 Å². The predicted molar refractivity (Wildman–Crippen MR) is 92.2 cm³/mol. The number of methoxy groups -OCH3 is 1. The fraction of sp³-hybridized carbons (Fsp3) is 0.611. The lowest BCUT2D eigenvalue weighted by Gasteiger charge is -2.41. The molecule has 1 aromatic carbocycles. The molecule has 24 heavy (non-hydrogen) atoms. The molecule has 6 heteroatoms. The van der Waals surface area contributed by atoms with Crippen LogP contribution in [0.5, 0.6) is 5.75 Å². The van der Waals surface area contributed by atoms with Crippen LogP contribution in [0.2, 0.25) is 0 Å². The summed E-state index contributed by atoms with van der Waals surface area (Å²) in [5.41, 5.74) is 1.06. The molecule has 0 aliphatic carbocycles. The Kier molecular flexibility index (Phi) is 5.71. The van der Waals surface area contributed by atoms with Gasteiger partial charge in [0.05, 0.1) is 32.4 Å². The fourth-order valence-corrected chi connectivity index (χ4v) is 3.55. The van der Waals surface area contributed by atoms with E-state index < -0.39 is 0 Å². The van der Waals surface area contributed by atoms with Gasteiger partial charge in [-0.1, -0.05) is 18.2 Å². The van der Waals surface area contributed by atoms with Crippen LogP contribution in [0.15, 0.2) is 24.3 Å². The van der Waals surface area contributed by atoms with Crippen LogP contribution in [-0.4, -0.2) is 74.8 Å². The zero-order chi connectivity index (χ0) is 16.9. The average molecular weight is 333 g/mol. The summed E-state index contributed by atoms with van der Waals surface area (Å²) in [5, 5.41) is 3.40. The number of benzene rings is 1. The van der Waals surface area contributed by atoms with Crippen molar-refractivity contribution in [2.75, 3.05) is 53.0 Å². The maximum absolute atomic E-state index is 13.2. The number of morpholine rings is 1. The number of hydrogen-bond donors (Lipinski definition) is 1. The minimum Gasteiger partial charge on any atom is -0.496 e. The van der Waals surface area contributed by atoms with Crippen molar-refractivity contribution in [2.24, 2.45) is 0 Å². The standard InChI is InChI=1S/C18H27N3O3/c1-14(20-9-11-24-12-10-20)18(22)21-8-7-19-13-16(21)15-5-3-4-6-17(15)23-2/h3-6,14,16,19H,7-13H2,1-2H3. The second kappa shape index (κ2) is 7.96. The molecule has 2 aliphatic rings. The highest BCUT2D eigenvalue weighted by molar-refractivity contribution is 5.82. The summed E-state index contributed by atoms with van der Waals surface area (Å²) >= 11 is 0. The molecule has 2 atom stereocenters. The van der Waals surface area contributed by atoms with E-state index in [1.807, 2.05) is 30.0 Å². The third kappa shape index (κ3) is 3.55. The molecule has 2 fully saturated rings. The summed E-state index contributed by atoms with van der Waals surface area (Å²) in [7, 11) is 1.68. The summed E-state index contributed by atoms with van der Waals surface area (Å²) in [6.07, 6.45) is 0. The van der Waals surface area contributed by atoms with Crippen molar-refractivity contribution < 1.29 is 14.3 Å². The van der Waals surface area contributed by atoms with Crippen LogP contribution in [0.25, 0.3) is 0 Å². The smallest absolute Gasteiger partial charge is 0.240 e. The van der Waals surface area contributed by atoms with E-state index >= 15 is 0 Å². The van der Waals surface area contributed by atoms with Crippen LogP contribution in [0.1, 0.15) is 18.5 Å². The molecule has 132 valence electrons. The first-order valence-corrected chi connectivity index (χ1v) is 8.68. The lowest BCUT2D eigenvalue weighted by atomic mass is 10.0. The second-order valence-electron chi connectivity index (χ2n) is 6.32. The van der Waals surface area contributed by atoms with Gasteiger partial charge in [-0.2, -0.15) is 0 Å². The number of carbonyl (C=O) groups is 1. The summed E-state index contributed by atoms with van der Waals surface area (Å²) < 4.78 is 10.9. The molecule has 2 unspecified atom stereocenters. The van der Waals surface area contributed by atoms with Gasteiger partial charge in [-0.05, 0) is 13.0 Å². The summed E-state index contributed by atoms with van der Waals surface area (Å²) in [4.78, 5) is 17.4. The Morgan fingerprint density at radius 1 is 1.29 bits per heavy atom. The molecule has 0 bridgehead atoms. The lowest BCUT2D eigenvalue weighted by molar-refractivity contribution is -0.141. The molecule has 0 saturated carbocycles. The van der Waals surface area contributed by atoms with Gasteiger partial charge >= 0.3 is 0 Å². The number of carbonyl (C=O) groups excluding carboxylic acids is 1. The largest absolute Gasteiger partial charge is 0.496 e. The molecule has 2 aliphatic heterocycles. The van der Waals surface area contributed by atoms with Crippen LogP contribution in [-0.2, 0) is 9.53 Å². The molecule has 0 radical (unpaired) electrons. The Morgan fingerprint density at radius 2 is 2.04 bits per heavy atom. The molecule has 1 amide bonds. The zero-order valence-electron chi connectivity index (χ0n) is 14.5. The first-order chi connectivity index (χ1) is 11.7. The van der Waals surface area contributed by atoms with Gasteiger partial charge < -0.3 is 19.7 Å². The van der Waals surface area contributed by atoms with Gasteiger partial charge in [-0.15, -0.1) is 0 Å². The van der Waals surface area contributed by atoms with E-state index in [0.29, 0.717) is 13.2 Å². The molecular formula is C18H27N3O3. The minimum absolute atomic E-state index is 0.00545. The van der Waals surface area contributed by atoms with Crippen LogP contribution in [0.4, 0.5) is 0 Å². The first kappa shape index (κ1) is 17.2. The van der Waals surface area contributed by atoms with Crippen molar-refractivity contribution in [1.82, 2.24) is 15.1 Å². The highest BCUT2D eigenvalue weighted by atomic mass is 16.5. The Hall–Kier alpha value is -1.63. The molecule has 0 aromatic heterocycles. The molecule has 2 saturated heterocycles. The number of amides is 1. The third-order valence-electron chi connectivity index (χ3n) is 4.98. The number of para-hydroxylation sites is 1. The van der Waals surface area contributed by atoms with Crippen molar-refractivity contribution in [3.05, 3.63) is 29.8 Å². The normalized spacial score (nSPS) is 23.8. The number of rotatable bonds is 4. The Balaban J connectivity index is 1.79. The van der Waals surface area contributed by atoms with Gasteiger partial charge in [-0.25, -0.2) is 0 Å². The first-order valence-electron chi connectivity index (χ1n) is 8.68. The minimum atomic E-state index is -0.121. The SMILES string of the molecule is COc1ccccc1C1CNCCN1C(=O)C(C)N1CCOCC1. The van der Waals surface area contributed by atoms with Crippen LogP contribution >= 0.6 is 0 Å². The van der Waals surface area contributed by atoms with E-state index in [2.05, 4.69) is 16.3 Å². The number of hydrogen-bond acceptors (Lipinski definition) is 5. The average Bonchev–Trinajstić information content (AvgIpc) is 2.67. The van der Waals surface area contributed by atoms with Gasteiger partial charge in [-0.3, -0.25) is 9.69 Å². The Bertz CT molecular complexity index is 560.